The lowest BCUT2D eigenvalue weighted by molar-refractivity contribution is -0.122. The lowest BCUT2D eigenvalue weighted by Crippen LogP contribution is -2.48. The molecule has 1 aliphatic rings. The van der Waals surface area contributed by atoms with Crippen molar-refractivity contribution < 1.29 is 4.79 Å². The van der Waals surface area contributed by atoms with E-state index in [2.05, 4.69) is 20.0 Å². The molecule has 1 fully saturated rings. The number of hydrogen-bond donors (Lipinski definition) is 2. The highest BCUT2D eigenvalue weighted by molar-refractivity contribution is 7.09. The minimum Gasteiger partial charge on any atom is -0.317 e. The van der Waals surface area contributed by atoms with Crippen LogP contribution in [0.4, 0.5) is 5.13 Å². The number of carbonyl (C=O) groups is 1. The average molecular weight is 302 g/mol. The molecule has 1 aliphatic heterocycles. The van der Waals surface area contributed by atoms with Gasteiger partial charge in [-0.15, -0.1) is 0 Å². The van der Waals surface area contributed by atoms with E-state index in [1.165, 1.54) is 11.5 Å². The molecule has 1 aromatic carbocycles. The molecule has 1 amide bonds. The Bertz CT molecular complexity index is 620. The van der Waals surface area contributed by atoms with Gasteiger partial charge in [0, 0.05) is 11.5 Å². The van der Waals surface area contributed by atoms with Gasteiger partial charge in [0.05, 0.1) is 5.41 Å². The van der Waals surface area contributed by atoms with Gasteiger partial charge in [0.2, 0.25) is 11.0 Å². The van der Waals surface area contributed by atoms with Crippen LogP contribution < -0.4 is 10.6 Å². The summed E-state index contributed by atoms with van der Waals surface area (Å²) < 4.78 is 4.11. The summed E-state index contributed by atoms with van der Waals surface area (Å²) in [6.45, 7) is 3.51. The fourth-order valence-corrected chi connectivity index (χ4v) is 3.39. The molecular weight excluding hydrogens is 284 g/mol. The molecule has 3 rings (SSSR count). The van der Waals surface area contributed by atoms with Crippen molar-refractivity contribution in [2.45, 2.75) is 25.2 Å². The van der Waals surface area contributed by atoms with Gasteiger partial charge in [0.1, 0.15) is 5.82 Å². The van der Waals surface area contributed by atoms with Crippen molar-refractivity contribution in [1.82, 2.24) is 14.7 Å². The topological polar surface area (TPSA) is 66.9 Å². The molecule has 1 aromatic heterocycles. The molecule has 0 bridgehead atoms. The smallest absolute Gasteiger partial charge is 0.236 e. The third kappa shape index (κ3) is 2.82. The summed E-state index contributed by atoms with van der Waals surface area (Å²) in [6.07, 6.45) is 1.58. The van der Waals surface area contributed by atoms with Crippen molar-refractivity contribution in [1.29, 1.82) is 0 Å². The van der Waals surface area contributed by atoms with Crippen LogP contribution in [0, 0.1) is 6.92 Å². The van der Waals surface area contributed by atoms with Gasteiger partial charge in [-0.05, 0) is 38.4 Å². The number of anilines is 1. The third-order valence-electron chi connectivity index (χ3n) is 3.97. The second-order valence-corrected chi connectivity index (χ2v) is 6.05. The molecule has 0 atom stereocenters. The van der Waals surface area contributed by atoms with E-state index in [0.29, 0.717) is 11.0 Å². The van der Waals surface area contributed by atoms with Crippen LogP contribution in [0.15, 0.2) is 30.3 Å². The molecule has 21 heavy (non-hydrogen) atoms. The maximum absolute atomic E-state index is 12.9. The van der Waals surface area contributed by atoms with Crippen molar-refractivity contribution in [2.24, 2.45) is 0 Å². The van der Waals surface area contributed by atoms with Crippen molar-refractivity contribution in [2.75, 3.05) is 18.4 Å². The van der Waals surface area contributed by atoms with Gasteiger partial charge in [-0.1, -0.05) is 30.3 Å². The number of carbonyl (C=O) groups excluding carboxylic acids is 1. The van der Waals surface area contributed by atoms with E-state index in [0.717, 1.165) is 31.5 Å². The normalized spacial score (nSPS) is 17.4. The molecule has 0 saturated carbocycles. The quantitative estimate of drug-likeness (QED) is 0.911. The van der Waals surface area contributed by atoms with Gasteiger partial charge >= 0.3 is 0 Å². The van der Waals surface area contributed by atoms with Crippen LogP contribution in [-0.2, 0) is 10.2 Å². The first-order valence-electron chi connectivity index (χ1n) is 7.09. The first-order chi connectivity index (χ1) is 10.2. The van der Waals surface area contributed by atoms with Crippen LogP contribution in [0.1, 0.15) is 24.2 Å². The summed E-state index contributed by atoms with van der Waals surface area (Å²) in [4.78, 5) is 17.1. The number of aromatic nitrogens is 2. The second-order valence-electron chi connectivity index (χ2n) is 5.30. The van der Waals surface area contributed by atoms with Crippen LogP contribution in [0.25, 0.3) is 0 Å². The summed E-state index contributed by atoms with van der Waals surface area (Å²) in [5.41, 5.74) is 0.594. The van der Waals surface area contributed by atoms with Crippen molar-refractivity contribution >= 4 is 22.6 Å². The Hall–Kier alpha value is -1.79. The second kappa shape index (κ2) is 5.91. The van der Waals surface area contributed by atoms with Crippen LogP contribution in [0.2, 0.25) is 0 Å². The molecule has 0 spiro atoms. The minimum absolute atomic E-state index is 0.0198. The van der Waals surface area contributed by atoms with Gasteiger partial charge in [0.15, 0.2) is 0 Å². The lowest BCUT2D eigenvalue weighted by Gasteiger charge is -2.36. The number of nitrogens with zero attached hydrogens (tertiary/aromatic N) is 2. The van der Waals surface area contributed by atoms with Gasteiger partial charge < -0.3 is 5.32 Å². The maximum atomic E-state index is 12.9. The Labute approximate surface area is 128 Å². The van der Waals surface area contributed by atoms with E-state index in [9.17, 15) is 4.79 Å². The van der Waals surface area contributed by atoms with E-state index < -0.39 is 5.41 Å². The number of piperidine rings is 1. The zero-order valence-electron chi connectivity index (χ0n) is 11.9. The zero-order chi connectivity index (χ0) is 14.7. The highest BCUT2D eigenvalue weighted by atomic mass is 32.1. The summed E-state index contributed by atoms with van der Waals surface area (Å²) in [6, 6.07) is 10.0. The Kier molecular flexibility index (Phi) is 3.98. The van der Waals surface area contributed by atoms with Crippen LogP contribution in [-0.4, -0.2) is 28.4 Å². The number of benzene rings is 1. The molecule has 0 aliphatic carbocycles. The minimum atomic E-state index is -0.480. The van der Waals surface area contributed by atoms with Gasteiger partial charge in [-0.25, -0.2) is 4.98 Å². The van der Waals surface area contributed by atoms with E-state index in [4.69, 9.17) is 0 Å². The van der Waals surface area contributed by atoms with Crippen molar-refractivity contribution in [3.8, 4) is 0 Å². The lowest BCUT2D eigenvalue weighted by atomic mass is 9.72. The Morgan fingerprint density at radius 3 is 2.62 bits per heavy atom. The van der Waals surface area contributed by atoms with Gasteiger partial charge in [-0.3, -0.25) is 10.1 Å². The van der Waals surface area contributed by atoms with Crippen LogP contribution in [0.5, 0.6) is 0 Å². The molecule has 2 heterocycles. The third-order valence-corrected chi connectivity index (χ3v) is 4.69. The molecule has 1 saturated heterocycles. The van der Waals surface area contributed by atoms with Crippen LogP contribution in [0.3, 0.4) is 0 Å². The number of amides is 1. The standard InChI is InChI=1S/C15H18N4OS/c1-11-17-14(21-19-11)18-13(20)15(7-9-16-10-8-15)12-5-3-2-4-6-12/h2-6,16H,7-10H2,1H3,(H,17,18,19,20). The predicted molar refractivity (Wildman–Crippen MR) is 83.5 cm³/mol. The summed E-state index contributed by atoms with van der Waals surface area (Å²) in [5.74, 6) is 0.709. The van der Waals surface area contributed by atoms with E-state index >= 15 is 0 Å². The number of hydrogen-bond acceptors (Lipinski definition) is 5. The highest BCUT2D eigenvalue weighted by Gasteiger charge is 2.41. The molecule has 6 heteroatoms. The van der Waals surface area contributed by atoms with E-state index in [1.807, 2.05) is 37.3 Å². The molecule has 2 N–H and O–H groups in total. The summed E-state index contributed by atoms with van der Waals surface area (Å²) in [7, 11) is 0. The Morgan fingerprint density at radius 1 is 1.29 bits per heavy atom. The fraction of sp³-hybridized carbons (Fsp3) is 0.400. The van der Waals surface area contributed by atoms with E-state index in [1.54, 1.807) is 0 Å². The molecule has 2 aromatic rings. The monoisotopic (exact) mass is 302 g/mol. The molecule has 0 unspecified atom stereocenters. The first-order valence-corrected chi connectivity index (χ1v) is 7.86. The molecule has 110 valence electrons. The van der Waals surface area contributed by atoms with Crippen molar-refractivity contribution in [3.05, 3.63) is 41.7 Å². The SMILES string of the molecule is Cc1nsc(NC(=O)C2(c3ccccc3)CCNCC2)n1. The number of rotatable bonds is 3. The molecular formula is C15H18N4OS. The van der Waals surface area contributed by atoms with E-state index in [-0.39, 0.29) is 5.91 Å². The first kappa shape index (κ1) is 14.2. The predicted octanol–water partition coefficient (Wildman–Crippen LogP) is 2.11. The van der Waals surface area contributed by atoms with Gasteiger partial charge in [-0.2, -0.15) is 4.37 Å². The summed E-state index contributed by atoms with van der Waals surface area (Å²) in [5, 5.41) is 6.85. The highest BCUT2D eigenvalue weighted by Crippen LogP contribution is 2.35. The molecule has 0 radical (unpaired) electrons. The fourth-order valence-electron chi connectivity index (χ4n) is 2.82. The Morgan fingerprint density at radius 2 is 2.00 bits per heavy atom. The summed E-state index contributed by atoms with van der Waals surface area (Å²) >= 11 is 1.23. The average Bonchev–Trinajstić information content (AvgIpc) is 2.94. The maximum Gasteiger partial charge on any atom is 0.236 e. The van der Waals surface area contributed by atoms with Crippen LogP contribution >= 0.6 is 11.5 Å². The number of aryl methyl sites for hydroxylation is 1. The largest absolute Gasteiger partial charge is 0.317 e. The van der Waals surface area contributed by atoms with Crippen molar-refractivity contribution in [3.63, 3.8) is 0 Å². The van der Waals surface area contributed by atoms with Gasteiger partial charge in [0.25, 0.3) is 0 Å². The Balaban J connectivity index is 1.90. The number of nitrogens with one attached hydrogen (secondary N) is 2. The molecule has 5 nitrogen and oxygen atoms in total. The zero-order valence-corrected chi connectivity index (χ0v) is 12.7.